The molecule has 7 heteroatoms. The van der Waals surface area contributed by atoms with Gasteiger partial charge >= 0.3 is 0 Å². The Balaban J connectivity index is 2.23. The molecule has 122 valence electrons. The molecule has 0 spiro atoms. The van der Waals surface area contributed by atoms with Crippen molar-refractivity contribution in [3.8, 4) is 0 Å². The molecule has 0 aromatic rings. The van der Waals surface area contributed by atoms with E-state index in [0.717, 1.165) is 6.42 Å². The molecule has 0 aliphatic heterocycles. The normalized spacial score (nSPS) is 29.0. The van der Waals surface area contributed by atoms with E-state index in [4.69, 9.17) is 0 Å². The summed E-state index contributed by atoms with van der Waals surface area (Å²) < 4.78 is 25.7. The highest BCUT2D eigenvalue weighted by atomic mass is 32.2. The van der Waals surface area contributed by atoms with E-state index in [9.17, 15) is 18.0 Å². The van der Waals surface area contributed by atoms with Gasteiger partial charge in [0.2, 0.25) is 15.9 Å². The van der Waals surface area contributed by atoms with Crippen LogP contribution >= 0.6 is 0 Å². The van der Waals surface area contributed by atoms with Gasteiger partial charge < -0.3 is 5.32 Å². The zero-order valence-corrected chi connectivity index (χ0v) is 13.9. The Morgan fingerprint density at radius 1 is 1.36 bits per heavy atom. The second kappa shape index (κ2) is 5.53. The molecular formula is C15H22N2O4S. The smallest absolute Gasteiger partial charge is 0.264 e. The van der Waals surface area contributed by atoms with Crippen LogP contribution in [0.3, 0.4) is 0 Å². The number of hydrogen-bond donors (Lipinski definition) is 2. The predicted octanol–water partition coefficient (Wildman–Crippen LogP) is 1.01. The Labute approximate surface area is 131 Å². The predicted molar refractivity (Wildman–Crippen MR) is 83.3 cm³/mol. The number of rotatable bonds is 6. The third-order valence-corrected chi connectivity index (χ3v) is 6.42. The minimum Gasteiger partial charge on any atom is -0.338 e. The summed E-state index contributed by atoms with van der Waals surface area (Å²) in [5.74, 6) is -1.44. The second-order valence-electron chi connectivity index (χ2n) is 6.16. The van der Waals surface area contributed by atoms with Gasteiger partial charge in [-0.1, -0.05) is 31.2 Å². The maximum Gasteiger partial charge on any atom is 0.264 e. The lowest BCUT2D eigenvalue weighted by atomic mass is 9.73. The van der Waals surface area contributed by atoms with Crippen LogP contribution < -0.4 is 10.0 Å². The Hall–Kier alpha value is -1.63. The number of sulfonamides is 1. The van der Waals surface area contributed by atoms with Crippen LogP contribution in [0.5, 0.6) is 0 Å². The van der Waals surface area contributed by atoms with Crippen molar-refractivity contribution in [3.63, 3.8) is 0 Å². The third kappa shape index (κ3) is 2.82. The van der Waals surface area contributed by atoms with E-state index in [-0.39, 0.29) is 11.8 Å². The molecule has 0 aromatic heterocycles. The lowest BCUT2D eigenvalue weighted by molar-refractivity contribution is -0.131. The highest BCUT2D eigenvalue weighted by Gasteiger charge is 2.54. The fraction of sp³-hybridized carbons (Fsp3) is 0.600. The first-order chi connectivity index (χ1) is 10.2. The molecule has 0 saturated heterocycles. The quantitative estimate of drug-likeness (QED) is 0.713. The standard InChI is InChI=1S/C15H22N2O4S/c1-4-5-6-12-7-8-15(12,16-11(2)18)13(19)17-22(20,21)14(3)9-10-14/h5-8,12H,4,9-10H2,1-3H3,(H,16,18)(H,17,19). The summed E-state index contributed by atoms with van der Waals surface area (Å²) in [5, 5.41) is 2.59. The van der Waals surface area contributed by atoms with Gasteiger partial charge in [0.05, 0.1) is 4.75 Å². The number of carbonyl (C=O) groups is 2. The maximum absolute atomic E-state index is 12.6. The Bertz CT molecular complexity index is 646. The fourth-order valence-electron chi connectivity index (χ4n) is 2.37. The first kappa shape index (κ1) is 16.7. The number of nitrogens with one attached hydrogen (secondary N) is 2. The van der Waals surface area contributed by atoms with E-state index in [1.807, 2.05) is 13.0 Å². The van der Waals surface area contributed by atoms with E-state index < -0.39 is 26.2 Å². The molecule has 22 heavy (non-hydrogen) atoms. The molecule has 2 aliphatic carbocycles. The number of carbonyl (C=O) groups excluding carboxylic acids is 2. The Morgan fingerprint density at radius 3 is 2.41 bits per heavy atom. The highest BCUT2D eigenvalue weighted by Crippen LogP contribution is 2.42. The van der Waals surface area contributed by atoms with Crippen molar-refractivity contribution < 1.29 is 18.0 Å². The first-order valence-electron chi connectivity index (χ1n) is 7.38. The van der Waals surface area contributed by atoms with Crippen molar-refractivity contribution in [3.05, 3.63) is 24.3 Å². The highest BCUT2D eigenvalue weighted by molar-refractivity contribution is 7.91. The van der Waals surface area contributed by atoms with Crippen LogP contribution in [0.25, 0.3) is 0 Å². The minimum absolute atomic E-state index is 0.349. The van der Waals surface area contributed by atoms with Gasteiger partial charge in [-0.25, -0.2) is 8.42 Å². The second-order valence-corrected chi connectivity index (χ2v) is 8.35. The van der Waals surface area contributed by atoms with Crippen LogP contribution in [0.15, 0.2) is 24.3 Å². The third-order valence-electron chi connectivity index (χ3n) is 4.26. The zero-order chi connectivity index (χ0) is 16.6. The lowest BCUT2D eigenvalue weighted by Gasteiger charge is -2.41. The minimum atomic E-state index is -3.73. The van der Waals surface area contributed by atoms with Crippen molar-refractivity contribution in [1.29, 1.82) is 0 Å². The van der Waals surface area contributed by atoms with Gasteiger partial charge in [-0.05, 0) is 26.2 Å². The van der Waals surface area contributed by atoms with Crippen molar-refractivity contribution >= 4 is 21.8 Å². The van der Waals surface area contributed by atoms with Gasteiger partial charge in [0.15, 0.2) is 0 Å². The van der Waals surface area contributed by atoms with Crippen LogP contribution in [-0.4, -0.2) is 30.5 Å². The molecule has 0 bridgehead atoms. The molecule has 2 amide bonds. The van der Waals surface area contributed by atoms with Gasteiger partial charge in [-0.3, -0.25) is 14.3 Å². The molecule has 1 fully saturated rings. The van der Waals surface area contributed by atoms with Crippen molar-refractivity contribution in [2.45, 2.75) is 50.3 Å². The molecule has 2 rings (SSSR count). The summed E-state index contributed by atoms with van der Waals surface area (Å²) in [6.07, 6.45) is 8.87. The molecule has 2 aliphatic rings. The van der Waals surface area contributed by atoms with E-state index in [0.29, 0.717) is 12.8 Å². The summed E-state index contributed by atoms with van der Waals surface area (Å²) in [4.78, 5) is 24.0. The van der Waals surface area contributed by atoms with Crippen molar-refractivity contribution in [2.24, 2.45) is 5.92 Å². The van der Waals surface area contributed by atoms with Gasteiger partial charge in [-0.15, -0.1) is 0 Å². The maximum atomic E-state index is 12.6. The average Bonchev–Trinajstić information content (AvgIpc) is 3.14. The largest absolute Gasteiger partial charge is 0.338 e. The summed E-state index contributed by atoms with van der Waals surface area (Å²) in [5.41, 5.74) is -1.32. The monoisotopic (exact) mass is 326 g/mol. The molecule has 1 saturated carbocycles. The van der Waals surface area contributed by atoms with Crippen LogP contribution in [0, 0.1) is 5.92 Å². The molecule has 0 radical (unpaired) electrons. The van der Waals surface area contributed by atoms with E-state index in [1.54, 1.807) is 25.2 Å². The summed E-state index contributed by atoms with van der Waals surface area (Å²) in [6, 6.07) is 0. The molecule has 2 atom stereocenters. The summed E-state index contributed by atoms with van der Waals surface area (Å²) in [7, 11) is -3.73. The van der Waals surface area contributed by atoms with Crippen LogP contribution in [0.1, 0.15) is 40.0 Å². The molecule has 0 aromatic carbocycles. The van der Waals surface area contributed by atoms with Crippen LogP contribution in [0.4, 0.5) is 0 Å². The number of hydrogen-bond acceptors (Lipinski definition) is 4. The Morgan fingerprint density at radius 2 is 2.00 bits per heavy atom. The zero-order valence-electron chi connectivity index (χ0n) is 13.0. The average molecular weight is 326 g/mol. The summed E-state index contributed by atoms with van der Waals surface area (Å²) >= 11 is 0. The molecule has 0 heterocycles. The van der Waals surface area contributed by atoms with Gasteiger partial charge in [0.25, 0.3) is 5.91 Å². The van der Waals surface area contributed by atoms with Gasteiger partial charge in [0.1, 0.15) is 5.54 Å². The topological polar surface area (TPSA) is 92.3 Å². The molecular weight excluding hydrogens is 304 g/mol. The van der Waals surface area contributed by atoms with Gasteiger partial charge in [-0.2, -0.15) is 0 Å². The Kier molecular flexibility index (Phi) is 4.21. The fourth-order valence-corrected chi connectivity index (χ4v) is 3.67. The first-order valence-corrected chi connectivity index (χ1v) is 8.87. The van der Waals surface area contributed by atoms with E-state index >= 15 is 0 Å². The molecule has 6 nitrogen and oxygen atoms in total. The molecule has 2 unspecified atom stereocenters. The summed E-state index contributed by atoms with van der Waals surface area (Å²) in [6.45, 7) is 4.87. The SMILES string of the molecule is CCC=CC1C=CC1(NC(C)=O)C(=O)NS(=O)(=O)C1(C)CC1. The van der Waals surface area contributed by atoms with Crippen molar-refractivity contribution in [1.82, 2.24) is 10.0 Å². The van der Waals surface area contributed by atoms with Crippen LogP contribution in [-0.2, 0) is 19.6 Å². The number of amides is 2. The number of allylic oxidation sites excluding steroid dienone is 1. The van der Waals surface area contributed by atoms with Crippen molar-refractivity contribution in [2.75, 3.05) is 0 Å². The van der Waals surface area contributed by atoms with E-state index in [1.165, 1.54) is 6.92 Å². The van der Waals surface area contributed by atoms with Gasteiger partial charge in [0, 0.05) is 12.8 Å². The van der Waals surface area contributed by atoms with E-state index in [2.05, 4.69) is 10.0 Å². The van der Waals surface area contributed by atoms with Crippen LogP contribution in [0.2, 0.25) is 0 Å². The molecule has 2 N–H and O–H groups in total. The lowest BCUT2D eigenvalue weighted by Crippen LogP contribution is -2.65.